The summed E-state index contributed by atoms with van der Waals surface area (Å²) in [5.41, 5.74) is 7.99. The average molecular weight is 370 g/mol. The number of nitrogens with two attached hydrogens (primary N) is 1. The minimum atomic E-state index is -0.423. The molecule has 0 radical (unpaired) electrons. The van der Waals surface area contributed by atoms with E-state index in [-0.39, 0.29) is 18.9 Å². The fourth-order valence-electron chi connectivity index (χ4n) is 3.26. The normalized spacial score (nSPS) is 17.6. The molecule has 0 spiro atoms. The molecule has 3 rings (SSSR count). The second-order valence-electron chi connectivity index (χ2n) is 6.64. The molecule has 1 unspecified atom stereocenters. The van der Waals surface area contributed by atoms with Crippen LogP contribution in [0.25, 0.3) is 0 Å². The number of aliphatic hydroxyl groups excluding tert-OH is 1. The first-order valence-electron chi connectivity index (χ1n) is 9.18. The molecule has 3 N–H and O–H groups in total. The fraction of sp³-hybridized carbons (Fsp3) is 0.381. The molecule has 1 aliphatic heterocycles. The zero-order valence-corrected chi connectivity index (χ0v) is 15.3. The second kappa shape index (κ2) is 9.50. The molecule has 0 saturated heterocycles. The Labute approximate surface area is 159 Å². The Balaban J connectivity index is 1.56. The van der Waals surface area contributed by atoms with E-state index in [0.717, 1.165) is 11.1 Å². The van der Waals surface area contributed by atoms with Crippen LogP contribution in [0.5, 0.6) is 5.75 Å². The van der Waals surface area contributed by atoms with Gasteiger partial charge in [-0.25, -0.2) is 0 Å². The van der Waals surface area contributed by atoms with Crippen LogP contribution in [0.2, 0.25) is 0 Å². The van der Waals surface area contributed by atoms with E-state index < -0.39 is 12.1 Å². The molecule has 0 aliphatic carbocycles. The number of nitrogens with zero attached hydrogens (tertiary/aromatic N) is 1. The third-order valence-corrected chi connectivity index (χ3v) is 4.62. The van der Waals surface area contributed by atoms with Gasteiger partial charge in [0.05, 0.1) is 32.4 Å². The maximum absolute atomic E-state index is 12.8. The van der Waals surface area contributed by atoms with E-state index in [2.05, 4.69) is 0 Å². The Hall–Kier alpha value is -2.41. The summed E-state index contributed by atoms with van der Waals surface area (Å²) in [6, 6.07) is 16.5. The average Bonchev–Trinajstić information content (AvgIpc) is 2.88. The molecule has 1 heterocycles. The predicted molar refractivity (Wildman–Crippen MR) is 102 cm³/mol. The summed E-state index contributed by atoms with van der Waals surface area (Å²) in [7, 11) is 0. The molecule has 0 aromatic heterocycles. The van der Waals surface area contributed by atoms with E-state index in [1.54, 1.807) is 4.90 Å². The van der Waals surface area contributed by atoms with Crippen molar-refractivity contribution in [1.82, 2.24) is 4.90 Å². The van der Waals surface area contributed by atoms with Crippen LogP contribution >= 0.6 is 0 Å². The number of benzene rings is 2. The maximum atomic E-state index is 12.8. The highest BCUT2D eigenvalue weighted by atomic mass is 16.5. The van der Waals surface area contributed by atoms with Crippen molar-refractivity contribution in [3.8, 4) is 5.75 Å². The van der Waals surface area contributed by atoms with Crippen LogP contribution in [0.4, 0.5) is 0 Å². The summed E-state index contributed by atoms with van der Waals surface area (Å²) < 4.78 is 11.4. The van der Waals surface area contributed by atoms with Crippen molar-refractivity contribution in [3.63, 3.8) is 0 Å². The highest BCUT2D eigenvalue weighted by molar-refractivity contribution is 5.77. The van der Waals surface area contributed by atoms with Crippen molar-refractivity contribution >= 4 is 5.91 Å². The first-order valence-corrected chi connectivity index (χ1v) is 9.18. The summed E-state index contributed by atoms with van der Waals surface area (Å²) in [6.45, 7) is 1.40. The number of fused-ring (bicyclic) bond motifs is 1. The molecule has 6 nitrogen and oxygen atoms in total. The van der Waals surface area contributed by atoms with Gasteiger partial charge < -0.3 is 25.2 Å². The Kier molecular flexibility index (Phi) is 6.81. The van der Waals surface area contributed by atoms with Crippen LogP contribution in [-0.2, 0) is 16.1 Å². The second-order valence-corrected chi connectivity index (χ2v) is 6.64. The minimum absolute atomic E-state index is 0.106. The van der Waals surface area contributed by atoms with E-state index in [9.17, 15) is 9.90 Å². The molecule has 27 heavy (non-hydrogen) atoms. The zero-order chi connectivity index (χ0) is 19.1. The molecule has 1 amide bonds. The van der Waals surface area contributed by atoms with Crippen LogP contribution in [0, 0.1) is 0 Å². The summed E-state index contributed by atoms with van der Waals surface area (Å²) in [5, 5.41) is 9.88. The molecule has 0 fully saturated rings. The number of rotatable bonds is 7. The van der Waals surface area contributed by atoms with E-state index >= 15 is 0 Å². The molecular weight excluding hydrogens is 344 g/mol. The Morgan fingerprint density at radius 3 is 2.74 bits per heavy atom. The van der Waals surface area contributed by atoms with Crippen LogP contribution < -0.4 is 10.5 Å². The van der Waals surface area contributed by atoms with Gasteiger partial charge in [0.2, 0.25) is 5.91 Å². The number of para-hydroxylation sites is 1. The molecule has 2 aromatic carbocycles. The van der Waals surface area contributed by atoms with Gasteiger partial charge >= 0.3 is 0 Å². The van der Waals surface area contributed by atoms with Crippen molar-refractivity contribution in [1.29, 1.82) is 0 Å². The van der Waals surface area contributed by atoms with E-state index in [1.807, 2.05) is 54.6 Å². The number of ether oxygens (including phenoxy) is 2. The van der Waals surface area contributed by atoms with Crippen LogP contribution in [0.1, 0.15) is 23.6 Å². The lowest BCUT2D eigenvalue weighted by molar-refractivity contribution is -0.135. The SMILES string of the molecule is N[C@@H](COCc1ccccc1)CC(=O)N1CCOc2ccccc2C1CO. The number of hydrogen-bond acceptors (Lipinski definition) is 5. The molecule has 144 valence electrons. The van der Waals surface area contributed by atoms with Crippen molar-refractivity contribution in [3.05, 3.63) is 65.7 Å². The fourth-order valence-corrected chi connectivity index (χ4v) is 3.26. The first kappa shape index (κ1) is 19.4. The predicted octanol–water partition coefficient (Wildman–Crippen LogP) is 1.88. The van der Waals surface area contributed by atoms with Gasteiger partial charge in [0.1, 0.15) is 12.4 Å². The summed E-state index contributed by atoms with van der Waals surface area (Å²) in [5.74, 6) is 0.604. The molecule has 2 aromatic rings. The molecule has 6 heteroatoms. The van der Waals surface area contributed by atoms with Crippen LogP contribution in [-0.4, -0.2) is 48.3 Å². The molecular formula is C21H26N2O4. The molecule has 1 aliphatic rings. The summed E-state index contributed by atoms with van der Waals surface area (Å²) >= 11 is 0. The Bertz CT molecular complexity index is 738. The minimum Gasteiger partial charge on any atom is -0.491 e. The zero-order valence-electron chi connectivity index (χ0n) is 15.3. The number of amides is 1. The highest BCUT2D eigenvalue weighted by Crippen LogP contribution is 2.31. The summed E-state index contributed by atoms with van der Waals surface area (Å²) in [4.78, 5) is 14.5. The first-order chi connectivity index (χ1) is 13.2. The van der Waals surface area contributed by atoms with Gasteiger partial charge in [-0.3, -0.25) is 4.79 Å². The Morgan fingerprint density at radius 1 is 1.22 bits per heavy atom. The van der Waals surface area contributed by atoms with Crippen molar-refractivity contribution < 1.29 is 19.4 Å². The third kappa shape index (κ3) is 5.07. The van der Waals surface area contributed by atoms with Crippen LogP contribution in [0.15, 0.2) is 54.6 Å². The molecule has 2 atom stereocenters. The van der Waals surface area contributed by atoms with Gasteiger partial charge in [-0.05, 0) is 11.6 Å². The third-order valence-electron chi connectivity index (χ3n) is 4.62. The lowest BCUT2D eigenvalue weighted by Crippen LogP contribution is -2.41. The standard InChI is InChI=1S/C21H26N2O4/c22-17(15-26-14-16-6-2-1-3-7-16)12-21(25)23-10-11-27-20-9-5-4-8-18(20)19(23)13-24/h1-9,17,19,24H,10-15,22H2/t17-,19?/m1/s1. The number of carbonyl (C=O) groups is 1. The largest absolute Gasteiger partial charge is 0.491 e. The highest BCUT2D eigenvalue weighted by Gasteiger charge is 2.30. The summed E-state index contributed by atoms with van der Waals surface area (Å²) in [6.07, 6.45) is 0.160. The van der Waals surface area contributed by atoms with Crippen molar-refractivity contribution in [2.24, 2.45) is 5.73 Å². The Morgan fingerprint density at radius 2 is 1.96 bits per heavy atom. The lowest BCUT2D eigenvalue weighted by Gasteiger charge is -2.29. The van der Waals surface area contributed by atoms with Gasteiger partial charge in [-0.15, -0.1) is 0 Å². The van der Waals surface area contributed by atoms with E-state index in [4.69, 9.17) is 15.2 Å². The van der Waals surface area contributed by atoms with Gasteiger partial charge in [0.15, 0.2) is 0 Å². The monoisotopic (exact) mass is 370 g/mol. The maximum Gasteiger partial charge on any atom is 0.224 e. The van der Waals surface area contributed by atoms with E-state index in [0.29, 0.717) is 32.1 Å². The van der Waals surface area contributed by atoms with Gasteiger partial charge in [0.25, 0.3) is 0 Å². The quantitative estimate of drug-likeness (QED) is 0.777. The van der Waals surface area contributed by atoms with E-state index in [1.165, 1.54) is 0 Å². The number of aliphatic hydroxyl groups is 1. The molecule has 0 saturated carbocycles. The number of hydrogen-bond donors (Lipinski definition) is 2. The smallest absolute Gasteiger partial charge is 0.224 e. The number of carbonyl (C=O) groups excluding carboxylic acids is 1. The topological polar surface area (TPSA) is 85.0 Å². The van der Waals surface area contributed by atoms with Gasteiger partial charge in [-0.2, -0.15) is 0 Å². The lowest BCUT2D eigenvalue weighted by atomic mass is 10.0. The van der Waals surface area contributed by atoms with Gasteiger partial charge in [-0.1, -0.05) is 48.5 Å². The molecule has 0 bridgehead atoms. The van der Waals surface area contributed by atoms with Crippen molar-refractivity contribution in [2.75, 3.05) is 26.4 Å². The van der Waals surface area contributed by atoms with Crippen molar-refractivity contribution in [2.45, 2.75) is 25.1 Å². The van der Waals surface area contributed by atoms with Crippen LogP contribution in [0.3, 0.4) is 0 Å². The van der Waals surface area contributed by atoms with Gasteiger partial charge in [0, 0.05) is 18.0 Å².